The maximum absolute atomic E-state index is 13.2. The van der Waals surface area contributed by atoms with Gasteiger partial charge in [-0.3, -0.25) is 4.79 Å². The Bertz CT molecular complexity index is 1080. The van der Waals surface area contributed by atoms with Gasteiger partial charge in [-0.05, 0) is 67.9 Å². The zero-order valence-corrected chi connectivity index (χ0v) is 19.8. The topological polar surface area (TPSA) is 130 Å². The van der Waals surface area contributed by atoms with E-state index in [2.05, 4.69) is 27.0 Å². The lowest BCUT2D eigenvalue weighted by molar-refractivity contribution is -0.139. The van der Waals surface area contributed by atoms with Crippen LogP contribution in [0.15, 0.2) is 30.3 Å². The largest absolute Gasteiger partial charge is 0.480 e. The molecule has 0 bridgehead atoms. The van der Waals surface area contributed by atoms with Crippen LogP contribution >= 0.6 is 0 Å². The van der Waals surface area contributed by atoms with Gasteiger partial charge in [0, 0.05) is 25.2 Å². The van der Waals surface area contributed by atoms with Crippen molar-refractivity contribution in [2.75, 3.05) is 18.4 Å². The number of unbranched alkanes of at least 4 members (excludes halogenated alkanes) is 1. The Morgan fingerprint density at radius 1 is 1.14 bits per heavy atom. The first-order valence-electron chi connectivity index (χ1n) is 11.9. The number of aliphatic carboxylic acids is 1. The first-order valence-corrected chi connectivity index (χ1v) is 11.9. The SMILES string of the molecule is O=C(CCCCc1ccc2c(n1)NCCC2)NCCC(NC(=O)OCc1ccc(F)c(F)c1)C(=O)O. The van der Waals surface area contributed by atoms with Crippen LogP contribution in [0.4, 0.5) is 19.4 Å². The number of nitrogens with zero attached hydrogens (tertiary/aromatic N) is 1. The van der Waals surface area contributed by atoms with Crippen LogP contribution in [0.25, 0.3) is 0 Å². The number of nitrogens with one attached hydrogen (secondary N) is 3. The van der Waals surface area contributed by atoms with Crippen LogP contribution in [-0.2, 0) is 33.8 Å². The Hall–Kier alpha value is -3.76. The van der Waals surface area contributed by atoms with Crippen LogP contribution in [0, 0.1) is 11.6 Å². The fraction of sp³-hybridized carbons (Fsp3) is 0.440. The molecule has 2 heterocycles. The van der Waals surface area contributed by atoms with Crippen molar-refractivity contribution in [3.63, 3.8) is 0 Å². The third kappa shape index (κ3) is 8.47. The second-order valence-corrected chi connectivity index (χ2v) is 8.55. The number of hydrogen-bond donors (Lipinski definition) is 4. The van der Waals surface area contributed by atoms with Gasteiger partial charge in [-0.25, -0.2) is 23.4 Å². The van der Waals surface area contributed by atoms with Gasteiger partial charge >= 0.3 is 12.1 Å². The average Bonchev–Trinajstić information content (AvgIpc) is 2.86. The van der Waals surface area contributed by atoms with Crippen LogP contribution in [-0.4, -0.2) is 47.2 Å². The highest BCUT2D eigenvalue weighted by molar-refractivity contribution is 5.80. The van der Waals surface area contributed by atoms with E-state index in [-0.39, 0.29) is 31.0 Å². The molecule has 0 saturated carbocycles. The fourth-order valence-corrected chi connectivity index (χ4v) is 3.76. The molecule has 11 heteroatoms. The van der Waals surface area contributed by atoms with Gasteiger partial charge in [-0.15, -0.1) is 0 Å². The predicted molar refractivity (Wildman–Crippen MR) is 127 cm³/mol. The summed E-state index contributed by atoms with van der Waals surface area (Å²) in [7, 11) is 0. The molecule has 0 saturated heterocycles. The third-order valence-electron chi connectivity index (χ3n) is 5.74. The zero-order chi connectivity index (χ0) is 25.9. The molecule has 0 aliphatic carbocycles. The number of rotatable bonds is 12. The molecule has 1 aromatic heterocycles. The molecule has 1 unspecified atom stereocenters. The number of hydrogen-bond acceptors (Lipinski definition) is 6. The highest BCUT2D eigenvalue weighted by atomic mass is 19.2. The van der Waals surface area contributed by atoms with Crippen molar-refractivity contribution in [3.8, 4) is 0 Å². The van der Waals surface area contributed by atoms with E-state index in [0.29, 0.717) is 12.8 Å². The molecule has 2 amide bonds. The lowest BCUT2D eigenvalue weighted by Crippen LogP contribution is -2.43. The molecule has 2 aromatic rings. The number of ether oxygens (including phenoxy) is 1. The summed E-state index contributed by atoms with van der Waals surface area (Å²) in [4.78, 5) is 40.0. The van der Waals surface area contributed by atoms with Gasteiger partial charge in [0.05, 0.1) is 0 Å². The number of benzene rings is 1. The van der Waals surface area contributed by atoms with Crippen molar-refractivity contribution in [1.82, 2.24) is 15.6 Å². The average molecular weight is 505 g/mol. The molecule has 9 nitrogen and oxygen atoms in total. The van der Waals surface area contributed by atoms with Gasteiger partial charge in [0.25, 0.3) is 0 Å². The molecule has 1 aliphatic heterocycles. The number of carboxylic acid groups (broad SMARTS) is 1. The molecular formula is C25H30F2N4O5. The first kappa shape index (κ1) is 26.8. The number of carbonyl (C=O) groups is 3. The maximum atomic E-state index is 13.2. The minimum Gasteiger partial charge on any atom is -0.480 e. The molecule has 194 valence electrons. The number of fused-ring (bicyclic) bond motifs is 1. The summed E-state index contributed by atoms with van der Waals surface area (Å²) in [6.07, 6.45) is 3.59. The van der Waals surface area contributed by atoms with Crippen LogP contribution in [0.5, 0.6) is 0 Å². The van der Waals surface area contributed by atoms with Gasteiger partial charge < -0.3 is 25.8 Å². The smallest absolute Gasteiger partial charge is 0.408 e. The van der Waals surface area contributed by atoms with Gasteiger partial charge in [0.1, 0.15) is 18.5 Å². The molecule has 3 rings (SSSR count). The van der Waals surface area contributed by atoms with E-state index in [1.165, 1.54) is 11.6 Å². The van der Waals surface area contributed by atoms with Crippen molar-refractivity contribution in [3.05, 3.63) is 58.8 Å². The second-order valence-electron chi connectivity index (χ2n) is 8.55. The van der Waals surface area contributed by atoms with E-state index in [1.54, 1.807) is 0 Å². The lowest BCUT2D eigenvalue weighted by Gasteiger charge is -2.17. The van der Waals surface area contributed by atoms with Gasteiger partial charge in [0.15, 0.2) is 11.6 Å². The number of carboxylic acids is 1. The minimum atomic E-state index is -1.29. The van der Waals surface area contributed by atoms with E-state index < -0.39 is 29.7 Å². The minimum absolute atomic E-state index is 0.0482. The Morgan fingerprint density at radius 2 is 1.97 bits per heavy atom. The quantitative estimate of drug-likeness (QED) is 0.326. The molecule has 0 fully saturated rings. The number of carbonyl (C=O) groups excluding carboxylic acids is 2. The number of anilines is 1. The van der Waals surface area contributed by atoms with Crippen LogP contribution in [0.1, 0.15) is 48.9 Å². The highest BCUT2D eigenvalue weighted by Crippen LogP contribution is 2.20. The van der Waals surface area contributed by atoms with Crippen LogP contribution in [0.2, 0.25) is 0 Å². The Balaban J connectivity index is 1.31. The summed E-state index contributed by atoms with van der Waals surface area (Å²) >= 11 is 0. The van der Waals surface area contributed by atoms with Crippen molar-refractivity contribution < 1.29 is 33.0 Å². The predicted octanol–water partition coefficient (Wildman–Crippen LogP) is 3.32. The van der Waals surface area contributed by atoms with Crippen molar-refractivity contribution in [2.45, 2.75) is 57.6 Å². The van der Waals surface area contributed by atoms with E-state index >= 15 is 0 Å². The summed E-state index contributed by atoms with van der Waals surface area (Å²) in [5.41, 5.74) is 2.42. The Kier molecular flexibility index (Phi) is 9.96. The Morgan fingerprint density at radius 3 is 2.75 bits per heavy atom. The third-order valence-corrected chi connectivity index (χ3v) is 5.74. The van der Waals surface area contributed by atoms with Crippen molar-refractivity contribution >= 4 is 23.8 Å². The monoisotopic (exact) mass is 504 g/mol. The van der Waals surface area contributed by atoms with E-state index in [1.807, 2.05) is 6.07 Å². The van der Waals surface area contributed by atoms with Crippen LogP contribution < -0.4 is 16.0 Å². The summed E-state index contributed by atoms with van der Waals surface area (Å²) in [5, 5.41) is 17.5. The normalized spacial score (nSPS) is 13.2. The molecule has 1 atom stereocenters. The summed E-state index contributed by atoms with van der Waals surface area (Å²) < 4.78 is 31.0. The maximum Gasteiger partial charge on any atom is 0.408 e. The number of aryl methyl sites for hydroxylation is 2. The molecule has 0 radical (unpaired) electrons. The van der Waals surface area contributed by atoms with Crippen molar-refractivity contribution in [1.29, 1.82) is 0 Å². The van der Waals surface area contributed by atoms with Gasteiger partial charge in [-0.1, -0.05) is 12.1 Å². The molecule has 1 aliphatic rings. The van der Waals surface area contributed by atoms with Crippen LogP contribution in [0.3, 0.4) is 0 Å². The van der Waals surface area contributed by atoms with Gasteiger partial charge in [-0.2, -0.15) is 0 Å². The van der Waals surface area contributed by atoms with Gasteiger partial charge in [0.2, 0.25) is 5.91 Å². The lowest BCUT2D eigenvalue weighted by atomic mass is 10.1. The number of alkyl carbamates (subject to hydrolysis) is 1. The highest BCUT2D eigenvalue weighted by Gasteiger charge is 2.21. The molecule has 4 N–H and O–H groups in total. The molecule has 36 heavy (non-hydrogen) atoms. The summed E-state index contributed by atoms with van der Waals surface area (Å²) in [6.45, 7) is 0.626. The standard InChI is InChI=1S/C25H30F2N4O5/c26-19-10-7-16(14-20(19)27)15-36-25(35)31-21(24(33)34)11-13-28-22(32)6-2-1-5-18-9-8-17-4-3-12-29-23(17)30-18/h7-10,14,21H,1-6,11-13,15H2,(H,28,32)(H,29,30)(H,31,35)(H,33,34). The molecule has 1 aromatic carbocycles. The number of halogens is 2. The molecule has 0 spiro atoms. The second kappa shape index (κ2) is 13.4. The number of aromatic nitrogens is 1. The van der Waals surface area contributed by atoms with E-state index in [0.717, 1.165) is 55.9 Å². The number of pyridine rings is 1. The van der Waals surface area contributed by atoms with E-state index in [4.69, 9.17) is 4.74 Å². The Labute approximate surface area is 207 Å². The summed E-state index contributed by atoms with van der Waals surface area (Å²) in [6, 6.07) is 5.86. The first-order chi connectivity index (χ1) is 17.3. The van der Waals surface area contributed by atoms with E-state index in [9.17, 15) is 28.3 Å². The van der Waals surface area contributed by atoms with Crippen molar-refractivity contribution in [2.24, 2.45) is 0 Å². The summed E-state index contributed by atoms with van der Waals surface area (Å²) in [5.74, 6) is -2.66. The number of amides is 2. The zero-order valence-electron chi connectivity index (χ0n) is 19.8. The fourth-order valence-electron chi connectivity index (χ4n) is 3.76. The molecular weight excluding hydrogens is 474 g/mol.